The molecule has 2 N–H and O–H groups in total. The summed E-state index contributed by atoms with van der Waals surface area (Å²) in [5.41, 5.74) is 6.06. The van der Waals surface area contributed by atoms with Crippen molar-refractivity contribution in [2.24, 2.45) is 0 Å². The molecule has 0 saturated heterocycles. The smallest absolute Gasteiger partial charge is 0.143 e. The highest BCUT2D eigenvalue weighted by Crippen LogP contribution is 2.27. The van der Waals surface area contributed by atoms with E-state index < -0.39 is 0 Å². The van der Waals surface area contributed by atoms with Crippen LogP contribution in [-0.4, -0.2) is 5.60 Å². The van der Waals surface area contributed by atoms with Gasteiger partial charge >= 0.3 is 0 Å². The van der Waals surface area contributed by atoms with Gasteiger partial charge in [-0.2, -0.15) is 0 Å². The van der Waals surface area contributed by atoms with Crippen LogP contribution >= 0.6 is 11.6 Å². The maximum Gasteiger partial charge on any atom is 0.143 e. The first-order valence-electron chi connectivity index (χ1n) is 4.12. The summed E-state index contributed by atoms with van der Waals surface area (Å²) in [5, 5.41) is 0.624. The van der Waals surface area contributed by atoms with E-state index in [-0.39, 0.29) is 5.60 Å². The maximum atomic E-state index is 5.75. The minimum atomic E-state index is -0.234. The van der Waals surface area contributed by atoms with Gasteiger partial charge in [0.25, 0.3) is 0 Å². The van der Waals surface area contributed by atoms with Crippen molar-refractivity contribution in [1.29, 1.82) is 0 Å². The first-order chi connectivity index (χ1) is 5.88. The van der Waals surface area contributed by atoms with Crippen LogP contribution in [0.1, 0.15) is 20.8 Å². The Labute approximate surface area is 83.6 Å². The van der Waals surface area contributed by atoms with Crippen molar-refractivity contribution in [1.82, 2.24) is 0 Å². The minimum Gasteiger partial charge on any atom is -0.486 e. The van der Waals surface area contributed by atoms with Crippen LogP contribution in [0.15, 0.2) is 18.2 Å². The van der Waals surface area contributed by atoms with E-state index in [1.807, 2.05) is 20.8 Å². The minimum absolute atomic E-state index is 0.234. The van der Waals surface area contributed by atoms with Gasteiger partial charge < -0.3 is 10.5 Å². The molecule has 0 aliphatic carbocycles. The summed E-state index contributed by atoms with van der Waals surface area (Å²) < 4.78 is 5.60. The number of benzene rings is 1. The van der Waals surface area contributed by atoms with Gasteiger partial charge in [0.05, 0.1) is 5.69 Å². The summed E-state index contributed by atoms with van der Waals surface area (Å²) in [6.45, 7) is 5.92. The number of halogens is 1. The Bertz CT molecular complexity index is 304. The van der Waals surface area contributed by atoms with Crippen molar-refractivity contribution in [2.75, 3.05) is 5.73 Å². The molecule has 1 rings (SSSR count). The number of anilines is 1. The molecule has 3 heteroatoms. The fourth-order valence-corrected chi connectivity index (χ4v) is 1.12. The van der Waals surface area contributed by atoms with E-state index in [1.165, 1.54) is 0 Å². The molecule has 0 spiro atoms. The van der Waals surface area contributed by atoms with Crippen molar-refractivity contribution >= 4 is 17.3 Å². The molecule has 72 valence electrons. The predicted molar refractivity (Wildman–Crippen MR) is 56.2 cm³/mol. The molecule has 0 bridgehead atoms. The van der Waals surface area contributed by atoms with Crippen molar-refractivity contribution in [3.63, 3.8) is 0 Å². The number of hydrogen-bond donors (Lipinski definition) is 1. The van der Waals surface area contributed by atoms with E-state index in [0.29, 0.717) is 16.5 Å². The van der Waals surface area contributed by atoms with Gasteiger partial charge in [-0.15, -0.1) is 0 Å². The normalized spacial score (nSPS) is 11.4. The Balaban J connectivity index is 2.90. The molecule has 13 heavy (non-hydrogen) atoms. The summed E-state index contributed by atoms with van der Waals surface area (Å²) in [6, 6.07) is 5.23. The molecule has 0 saturated carbocycles. The molecular formula is C10H14ClNO. The monoisotopic (exact) mass is 199 g/mol. The first-order valence-corrected chi connectivity index (χ1v) is 4.50. The topological polar surface area (TPSA) is 35.2 Å². The van der Waals surface area contributed by atoms with Gasteiger partial charge in [-0.05, 0) is 39.0 Å². The van der Waals surface area contributed by atoms with E-state index in [4.69, 9.17) is 22.1 Å². The van der Waals surface area contributed by atoms with Crippen molar-refractivity contribution < 1.29 is 4.74 Å². The van der Waals surface area contributed by atoms with Crippen molar-refractivity contribution in [3.8, 4) is 5.75 Å². The van der Waals surface area contributed by atoms with E-state index in [9.17, 15) is 0 Å². The number of rotatable bonds is 1. The molecule has 0 unspecified atom stereocenters. The molecular weight excluding hydrogens is 186 g/mol. The standard InChI is InChI=1S/C10H14ClNO/c1-10(2,3)13-9-5-4-7(11)6-8(9)12/h4-6H,12H2,1-3H3. The van der Waals surface area contributed by atoms with Crippen LogP contribution in [0.3, 0.4) is 0 Å². The number of ether oxygens (including phenoxy) is 1. The lowest BCUT2D eigenvalue weighted by Gasteiger charge is -2.22. The lowest BCUT2D eigenvalue weighted by Crippen LogP contribution is -2.23. The average Bonchev–Trinajstić information content (AvgIpc) is 1.93. The van der Waals surface area contributed by atoms with Crippen LogP contribution in [0, 0.1) is 0 Å². The average molecular weight is 200 g/mol. The van der Waals surface area contributed by atoms with Crippen LogP contribution in [-0.2, 0) is 0 Å². The van der Waals surface area contributed by atoms with E-state index in [2.05, 4.69) is 0 Å². The second kappa shape index (κ2) is 3.46. The molecule has 1 aromatic rings. The number of nitrogen functional groups attached to an aromatic ring is 1. The second-order valence-corrected chi connectivity index (χ2v) is 4.33. The third-order valence-electron chi connectivity index (χ3n) is 1.39. The summed E-state index contributed by atoms with van der Waals surface area (Å²) in [4.78, 5) is 0. The lowest BCUT2D eigenvalue weighted by atomic mass is 10.2. The largest absolute Gasteiger partial charge is 0.486 e. The maximum absolute atomic E-state index is 5.75. The molecule has 0 atom stereocenters. The summed E-state index contributed by atoms with van der Waals surface area (Å²) >= 11 is 5.75. The molecule has 0 aliphatic rings. The molecule has 0 aromatic heterocycles. The van der Waals surface area contributed by atoms with Crippen LogP contribution in [0.2, 0.25) is 5.02 Å². The van der Waals surface area contributed by atoms with Gasteiger partial charge in [0, 0.05) is 5.02 Å². The SMILES string of the molecule is CC(C)(C)Oc1ccc(Cl)cc1N. The molecule has 0 aliphatic heterocycles. The van der Waals surface area contributed by atoms with Gasteiger partial charge in [-0.25, -0.2) is 0 Å². The highest BCUT2D eigenvalue weighted by atomic mass is 35.5. The molecule has 0 amide bonds. The van der Waals surface area contributed by atoms with Crippen LogP contribution in [0.4, 0.5) is 5.69 Å². The fourth-order valence-electron chi connectivity index (χ4n) is 0.942. The Kier molecular flexibility index (Phi) is 2.71. The van der Waals surface area contributed by atoms with E-state index >= 15 is 0 Å². The zero-order valence-electron chi connectivity index (χ0n) is 8.10. The zero-order valence-corrected chi connectivity index (χ0v) is 8.85. The van der Waals surface area contributed by atoms with Gasteiger partial charge in [0.1, 0.15) is 11.4 Å². The Hall–Kier alpha value is -0.890. The van der Waals surface area contributed by atoms with E-state index in [1.54, 1.807) is 18.2 Å². The zero-order chi connectivity index (χ0) is 10.1. The van der Waals surface area contributed by atoms with Gasteiger partial charge in [0.15, 0.2) is 0 Å². The highest BCUT2D eigenvalue weighted by Gasteiger charge is 2.13. The Morgan fingerprint density at radius 1 is 1.31 bits per heavy atom. The van der Waals surface area contributed by atoms with Crippen molar-refractivity contribution in [3.05, 3.63) is 23.2 Å². The van der Waals surface area contributed by atoms with Gasteiger partial charge in [-0.3, -0.25) is 0 Å². The van der Waals surface area contributed by atoms with Gasteiger partial charge in [0.2, 0.25) is 0 Å². The fraction of sp³-hybridized carbons (Fsp3) is 0.400. The van der Waals surface area contributed by atoms with Crippen LogP contribution < -0.4 is 10.5 Å². The summed E-state index contributed by atoms with van der Waals surface area (Å²) in [7, 11) is 0. The number of nitrogens with two attached hydrogens (primary N) is 1. The summed E-state index contributed by atoms with van der Waals surface area (Å²) in [5.74, 6) is 0.678. The Morgan fingerprint density at radius 3 is 2.38 bits per heavy atom. The van der Waals surface area contributed by atoms with Gasteiger partial charge in [-0.1, -0.05) is 11.6 Å². The van der Waals surface area contributed by atoms with Crippen LogP contribution in [0.25, 0.3) is 0 Å². The predicted octanol–water partition coefficient (Wildman–Crippen LogP) is 3.10. The molecule has 1 aromatic carbocycles. The lowest BCUT2D eigenvalue weighted by molar-refractivity contribution is 0.132. The second-order valence-electron chi connectivity index (χ2n) is 3.90. The number of hydrogen-bond acceptors (Lipinski definition) is 2. The molecule has 0 fully saturated rings. The van der Waals surface area contributed by atoms with E-state index in [0.717, 1.165) is 0 Å². The Morgan fingerprint density at radius 2 is 1.92 bits per heavy atom. The molecule has 0 radical (unpaired) electrons. The third kappa shape index (κ3) is 3.15. The highest BCUT2D eigenvalue weighted by molar-refractivity contribution is 6.30. The van der Waals surface area contributed by atoms with Crippen LogP contribution in [0.5, 0.6) is 5.75 Å². The van der Waals surface area contributed by atoms with Crippen molar-refractivity contribution in [2.45, 2.75) is 26.4 Å². The molecule has 0 heterocycles. The summed E-state index contributed by atoms with van der Waals surface area (Å²) in [6.07, 6.45) is 0. The first kappa shape index (κ1) is 10.2. The quantitative estimate of drug-likeness (QED) is 0.706. The third-order valence-corrected chi connectivity index (χ3v) is 1.62. The molecule has 2 nitrogen and oxygen atoms in total.